The molecule has 0 radical (unpaired) electrons. The highest BCUT2D eigenvalue weighted by Gasteiger charge is 2.39. The maximum Gasteiger partial charge on any atom is 0.573 e. The minimum Gasteiger partial charge on any atom is -0.455 e. The third-order valence-electron chi connectivity index (χ3n) is 5.61. The number of carbonyl (C=O) groups is 1. The average Bonchev–Trinajstić information content (AvgIpc) is 3.45. The molecule has 0 bridgehead atoms. The molecule has 0 saturated heterocycles. The molecule has 0 amide bonds. The molecule has 3 heterocycles. The summed E-state index contributed by atoms with van der Waals surface area (Å²) in [5.41, 5.74) is -0.919. The van der Waals surface area contributed by atoms with Crippen LogP contribution in [0.3, 0.4) is 0 Å². The van der Waals surface area contributed by atoms with Gasteiger partial charge < -0.3 is 14.6 Å². The SMILES string of the molecule is CC(=O)O[C@H](C)c1nc(Cn2nc(-c3ccc(Cl)cc3)n(C[C@H](O)C(F)(F)F)c2=O)nn1-c1ncccc1OC(F)(F)F. The van der Waals surface area contributed by atoms with Gasteiger partial charge in [0, 0.05) is 23.7 Å². The Kier molecular flexibility index (Phi) is 8.82. The van der Waals surface area contributed by atoms with Gasteiger partial charge in [-0.25, -0.2) is 19.4 Å². The van der Waals surface area contributed by atoms with Gasteiger partial charge in [-0.2, -0.15) is 17.9 Å². The van der Waals surface area contributed by atoms with Crippen LogP contribution in [-0.4, -0.2) is 63.8 Å². The van der Waals surface area contributed by atoms with E-state index in [1.165, 1.54) is 31.2 Å². The number of aromatic nitrogens is 7. The smallest absolute Gasteiger partial charge is 0.455 e. The molecule has 1 aromatic carbocycles. The summed E-state index contributed by atoms with van der Waals surface area (Å²) in [5.74, 6) is -2.81. The van der Waals surface area contributed by atoms with Crippen LogP contribution in [0.5, 0.6) is 5.75 Å². The number of nitrogens with zero attached hydrogens (tertiary/aromatic N) is 7. The van der Waals surface area contributed by atoms with E-state index in [1.807, 2.05) is 0 Å². The number of carbonyl (C=O) groups excluding carboxylic acids is 1. The monoisotopic (exact) mass is 635 g/mol. The van der Waals surface area contributed by atoms with Crippen molar-refractivity contribution in [3.05, 3.63) is 69.8 Å². The van der Waals surface area contributed by atoms with Crippen LogP contribution in [0, 0.1) is 0 Å². The zero-order chi connectivity index (χ0) is 31.7. The van der Waals surface area contributed by atoms with Crippen LogP contribution >= 0.6 is 11.6 Å². The molecule has 2 atom stereocenters. The highest BCUT2D eigenvalue weighted by Crippen LogP contribution is 2.30. The Morgan fingerprint density at radius 3 is 2.37 bits per heavy atom. The first-order valence-corrected chi connectivity index (χ1v) is 12.4. The van der Waals surface area contributed by atoms with E-state index in [4.69, 9.17) is 16.3 Å². The van der Waals surface area contributed by atoms with Crippen molar-refractivity contribution in [2.45, 2.75) is 51.7 Å². The zero-order valence-corrected chi connectivity index (χ0v) is 22.7. The van der Waals surface area contributed by atoms with Gasteiger partial charge in [-0.1, -0.05) is 11.6 Å². The normalized spacial score (nSPS) is 13.5. The summed E-state index contributed by atoms with van der Waals surface area (Å²) in [5, 5.41) is 18.2. The number of benzene rings is 1. The molecule has 4 rings (SSSR count). The first kappa shape index (κ1) is 31.5. The van der Waals surface area contributed by atoms with Crippen molar-refractivity contribution in [1.29, 1.82) is 0 Å². The largest absolute Gasteiger partial charge is 0.573 e. The maximum atomic E-state index is 13.2. The van der Waals surface area contributed by atoms with Crippen LogP contribution in [-0.2, 0) is 22.6 Å². The summed E-state index contributed by atoms with van der Waals surface area (Å²) in [6.07, 6.45) is -13.1. The van der Waals surface area contributed by atoms with Crippen LogP contribution in [0.2, 0.25) is 5.02 Å². The first-order chi connectivity index (χ1) is 20.0. The Bertz CT molecular complexity index is 1670. The van der Waals surface area contributed by atoms with Crippen LogP contribution in [0.15, 0.2) is 47.4 Å². The second-order valence-electron chi connectivity index (χ2n) is 8.86. The molecule has 0 aliphatic rings. The fraction of sp³-hybridized carbons (Fsp3) is 0.333. The van der Waals surface area contributed by atoms with E-state index in [-0.39, 0.29) is 23.0 Å². The molecular formula is C24H20ClF6N7O5. The molecule has 0 aliphatic heterocycles. The van der Waals surface area contributed by atoms with Gasteiger partial charge in [0.2, 0.25) is 0 Å². The fourth-order valence-electron chi connectivity index (χ4n) is 3.83. The average molecular weight is 636 g/mol. The van der Waals surface area contributed by atoms with Crippen LogP contribution in [0.25, 0.3) is 17.2 Å². The van der Waals surface area contributed by atoms with E-state index < -0.39 is 61.1 Å². The molecule has 0 unspecified atom stereocenters. The van der Waals surface area contributed by atoms with Crippen LogP contribution in [0.1, 0.15) is 31.6 Å². The first-order valence-electron chi connectivity index (χ1n) is 12.1. The van der Waals surface area contributed by atoms with Crippen molar-refractivity contribution in [3.63, 3.8) is 0 Å². The summed E-state index contributed by atoms with van der Waals surface area (Å²) in [6, 6.07) is 7.71. The molecule has 230 valence electrons. The second-order valence-corrected chi connectivity index (χ2v) is 9.30. The molecule has 43 heavy (non-hydrogen) atoms. The van der Waals surface area contributed by atoms with E-state index in [1.54, 1.807) is 0 Å². The number of aliphatic hydroxyl groups excluding tert-OH is 1. The third-order valence-corrected chi connectivity index (χ3v) is 5.86. The summed E-state index contributed by atoms with van der Waals surface area (Å²) in [4.78, 5) is 32.9. The molecule has 0 aliphatic carbocycles. The van der Waals surface area contributed by atoms with Crippen molar-refractivity contribution < 1.29 is 45.7 Å². The topological polar surface area (TPSA) is 139 Å². The van der Waals surface area contributed by atoms with Crippen molar-refractivity contribution >= 4 is 17.6 Å². The summed E-state index contributed by atoms with van der Waals surface area (Å²) >= 11 is 5.89. The number of esters is 1. The number of aliphatic hydroxyl groups is 1. The highest BCUT2D eigenvalue weighted by molar-refractivity contribution is 6.30. The lowest BCUT2D eigenvalue weighted by Crippen LogP contribution is -2.37. The number of hydrogen-bond acceptors (Lipinski definition) is 9. The van der Waals surface area contributed by atoms with E-state index in [9.17, 15) is 41.0 Å². The molecule has 19 heteroatoms. The van der Waals surface area contributed by atoms with Gasteiger partial charge >= 0.3 is 24.2 Å². The molecule has 3 aromatic heterocycles. The Hall–Kier alpha value is -4.45. The number of alkyl halides is 6. The number of pyridine rings is 1. The highest BCUT2D eigenvalue weighted by atomic mass is 35.5. The van der Waals surface area contributed by atoms with Gasteiger partial charge in [-0.15, -0.1) is 23.4 Å². The Morgan fingerprint density at radius 2 is 1.77 bits per heavy atom. The maximum absolute atomic E-state index is 13.2. The quantitative estimate of drug-likeness (QED) is 0.215. The third kappa shape index (κ3) is 7.50. The van der Waals surface area contributed by atoms with E-state index >= 15 is 0 Å². The lowest BCUT2D eigenvalue weighted by Gasteiger charge is -2.15. The van der Waals surface area contributed by atoms with Crippen molar-refractivity contribution in [3.8, 4) is 23.0 Å². The van der Waals surface area contributed by atoms with Crippen LogP contribution in [0.4, 0.5) is 26.3 Å². The lowest BCUT2D eigenvalue weighted by atomic mass is 10.2. The predicted molar refractivity (Wildman–Crippen MR) is 134 cm³/mol. The molecule has 0 saturated carbocycles. The Balaban J connectivity index is 1.82. The van der Waals surface area contributed by atoms with Crippen molar-refractivity contribution in [2.75, 3.05) is 0 Å². The van der Waals surface area contributed by atoms with Gasteiger partial charge in [0.05, 0.1) is 6.54 Å². The lowest BCUT2D eigenvalue weighted by molar-refractivity contribution is -0.274. The molecule has 0 fully saturated rings. The number of halogens is 7. The van der Waals surface area contributed by atoms with Crippen molar-refractivity contribution in [2.24, 2.45) is 0 Å². The number of rotatable bonds is 9. The van der Waals surface area contributed by atoms with E-state index in [0.717, 1.165) is 29.9 Å². The van der Waals surface area contributed by atoms with Gasteiger partial charge in [-0.05, 0) is 43.3 Å². The summed E-state index contributed by atoms with van der Waals surface area (Å²) in [7, 11) is 0. The van der Waals surface area contributed by atoms with Gasteiger partial charge in [-0.3, -0.25) is 9.36 Å². The predicted octanol–water partition coefficient (Wildman–Crippen LogP) is 3.84. The molecular weight excluding hydrogens is 616 g/mol. The molecule has 0 spiro atoms. The summed E-state index contributed by atoms with van der Waals surface area (Å²) < 4.78 is 89.9. The molecule has 1 N–H and O–H groups in total. The Morgan fingerprint density at radius 1 is 1.09 bits per heavy atom. The summed E-state index contributed by atoms with van der Waals surface area (Å²) in [6.45, 7) is 0.612. The number of hydrogen-bond donors (Lipinski definition) is 1. The van der Waals surface area contributed by atoms with Gasteiger partial charge in [0.15, 0.2) is 41.2 Å². The van der Waals surface area contributed by atoms with Gasteiger partial charge in [0.1, 0.15) is 6.54 Å². The van der Waals surface area contributed by atoms with E-state index in [0.29, 0.717) is 14.3 Å². The molecule has 12 nitrogen and oxygen atoms in total. The Labute approximate surface area is 242 Å². The zero-order valence-electron chi connectivity index (χ0n) is 22.0. The van der Waals surface area contributed by atoms with Crippen molar-refractivity contribution in [1.82, 2.24) is 34.1 Å². The molecule has 4 aromatic rings. The minimum atomic E-state index is -5.11. The van der Waals surface area contributed by atoms with Crippen LogP contribution < -0.4 is 10.4 Å². The number of ether oxygens (including phenoxy) is 2. The second kappa shape index (κ2) is 12.0. The fourth-order valence-corrected chi connectivity index (χ4v) is 3.96. The minimum absolute atomic E-state index is 0.180. The standard InChI is InChI=1S/C24H20ClF6N7O5/c1-12(42-13(2)39)19-33-18(34-38(19)21-16(4-3-9-32-21)43-24(29,30)31)11-37-22(41)36(10-17(40)23(26,27)28)20(35-37)14-5-7-15(25)8-6-14/h3-9,12,17,40H,10-11H2,1-2H3/t12-,17+/m1/s1. The van der Waals surface area contributed by atoms with E-state index in [2.05, 4.69) is 24.9 Å². The van der Waals surface area contributed by atoms with Gasteiger partial charge in [0.25, 0.3) is 0 Å².